The molecule has 2 unspecified atom stereocenters. The molecule has 150 valence electrons. The smallest absolute Gasteiger partial charge is 0.261 e. The fourth-order valence-electron chi connectivity index (χ4n) is 3.50. The Bertz CT molecular complexity index is 701. The Morgan fingerprint density at radius 3 is 2.48 bits per heavy atom. The van der Waals surface area contributed by atoms with Gasteiger partial charge in [-0.3, -0.25) is 14.5 Å². The maximum absolute atomic E-state index is 12.7. The van der Waals surface area contributed by atoms with E-state index in [0.717, 1.165) is 36.5 Å². The fraction of sp³-hybridized carbons (Fsp3) is 0.700. The van der Waals surface area contributed by atoms with E-state index in [1.165, 1.54) is 11.3 Å². The predicted molar refractivity (Wildman–Crippen MR) is 108 cm³/mol. The van der Waals surface area contributed by atoms with Crippen molar-refractivity contribution in [2.24, 2.45) is 5.92 Å². The molecule has 2 fully saturated rings. The maximum atomic E-state index is 12.7. The number of carbonyl (C=O) groups is 2. The molecule has 0 aromatic carbocycles. The molecule has 2 atom stereocenters. The second-order valence-corrected chi connectivity index (χ2v) is 9.60. The second-order valence-electron chi connectivity index (χ2n) is 8.54. The Kier molecular flexibility index (Phi) is 5.93. The quantitative estimate of drug-likeness (QED) is 0.779. The van der Waals surface area contributed by atoms with Crippen LogP contribution in [0, 0.1) is 12.8 Å². The summed E-state index contributed by atoms with van der Waals surface area (Å²) in [4.78, 5) is 27.7. The maximum Gasteiger partial charge on any atom is 0.261 e. The van der Waals surface area contributed by atoms with Crippen molar-refractivity contribution < 1.29 is 14.3 Å². The number of rotatable bonds is 6. The zero-order valence-corrected chi connectivity index (χ0v) is 17.7. The third-order valence-corrected chi connectivity index (χ3v) is 6.43. The van der Waals surface area contributed by atoms with Crippen LogP contribution in [-0.2, 0) is 9.53 Å². The third-order valence-electron chi connectivity index (χ3n) is 5.28. The molecule has 0 bridgehead atoms. The Morgan fingerprint density at radius 1 is 1.26 bits per heavy atom. The molecule has 1 saturated heterocycles. The molecule has 0 spiro atoms. The molecule has 1 aromatic heterocycles. The lowest BCUT2D eigenvalue weighted by Crippen LogP contribution is -2.58. The standard InChI is InChI=1S/C20H31N3O3S/c1-12-8-16(22-18(24)15-6-7-15)27-17(12)19(25)21-11-20(4,5)23-9-13(2)26-14(3)10-23/h8,13-15H,6-7,9-11H2,1-5H3,(H,21,25)(H,22,24). The van der Waals surface area contributed by atoms with Gasteiger partial charge < -0.3 is 15.4 Å². The first-order chi connectivity index (χ1) is 12.7. The van der Waals surface area contributed by atoms with Crippen LogP contribution >= 0.6 is 11.3 Å². The van der Waals surface area contributed by atoms with Gasteiger partial charge >= 0.3 is 0 Å². The summed E-state index contributed by atoms with van der Waals surface area (Å²) >= 11 is 1.35. The minimum atomic E-state index is -0.157. The lowest BCUT2D eigenvalue weighted by atomic mass is 10.00. The summed E-state index contributed by atoms with van der Waals surface area (Å²) in [7, 11) is 0. The van der Waals surface area contributed by atoms with Crippen LogP contribution in [0.5, 0.6) is 0 Å². The van der Waals surface area contributed by atoms with Gasteiger partial charge in [0.05, 0.1) is 22.1 Å². The Labute approximate surface area is 165 Å². The molecule has 1 saturated carbocycles. The van der Waals surface area contributed by atoms with Gasteiger partial charge in [0, 0.05) is 31.1 Å². The van der Waals surface area contributed by atoms with Crippen LogP contribution in [0.1, 0.15) is 55.8 Å². The van der Waals surface area contributed by atoms with Crippen LogP contribution in [0.25, 0.3) is 0 Å². The highest BCUT2D eigenvalue weighted by molar-refractivity contribution is 7.18. The molecular weight excluding hydrogens is 362 g/mol. The molecule has 1 aliphatic heterocycles. The molecule has 2 heterocycles. The topological polar surface area (TPSA) is 70.7 Å². The first kappa shape index (κ1) is 20.3. The summed E-state index contributed by atoms with van der Waals surface area (Å²) in [6.07, 6.45) is 2.33. The van der Waals surface area contributed by atoms with Crippen LogP contribution in [0.15, 0.2) is 6.07 Å². The average molecular weight is 394 g/mol. The van der Waals surface area contributed by atoms with Gasteiger partial charge in [0.25, 0.3) is 5.91 Å². The monoisotopic (exact) mass is 393 g/mol. The zero-order valence-electron chi connectivity index (χ0n) is 16.9. The summed E-state index contributed by atoms with van der Waals surface area (Å²) in [6.45, 7) is 12.7. The molecule has 2 N–H and O–H groups in total. The molecular formula is C20H31N3O3S. The average Bonchev–Trinajstić information content (AvgIpc) is 3.36. The van der Waals surface area contributed by atoms with E-state index in [1.54, 1.807) is 0 Å². The largest absolute Gasteiger partial charge is 0.373 e. The molecule has 0 radical (unpaired) electrons. The number of ether oxygens (including phenoxy) is 1. The molecule has 2 aliphatic rings. The second kappa shape index (κ2) is 7.89. The van der Waals surface area contributed by atoms with E-state index >= 15 is 0 Å². The fourth-order valence-corrected chi connectivity index (χ4v) is 4.49. The van der Waals surface area contributed by atoms with Gasteiger partial charge in [-0.15, -0.1) is 11.3 Å². The highest BCUT2D eigenvalue weighted by atomic mass is 32.1. The lowest BCUT2D eigenvalue weighted by molar-refractivity contribution is -0.117. The normalized spacial score (nSPS) is 23.9. The summed E-state index contributed by atoms with van der Waals surface area (Å²) in [5.41, 5.74) is 0.742. The molecule has 2 amide bonds. The van der Waals surface area contributed by atoms with Crippen molar-refractivity contribution in [1.29, 1.82) is 0 Å². The van der Waals surface area contributed by atoms with Gasteiger partial charge in [-0.2, -0.15) is 0 Å². The predicted octanol–water partition coefficient (Wildman–Crippen LogP) is 3.02. The number of nitrogens with one attached hydrogen (secondary N) is 2. The zero-order chi connectivity index (χ0) is 19.8. The summed E-state index contributed by atoms with van der Waals surface area (Å²) in [5.74, 6) is 0.149. The molecule has 1 aromatic rings. The number of amides is 2. The van der Waals surface area contributed by atoms with Crippen molar-refractivity contribution in [2.75, 3.05) is 25.0 Å². The van der Waals surface area contributed by atoms with Gasteiger partial charge in [-0.1, -0.05) is 0 Å². The molecule has 27 heavy (non-hydrogen) atoms. The van der Waals surface area contributed by atoms with E-state index in [2.05, 4.69) is 43.2 Å². The number of thiophene rings is 1. The SMILES string of the molecule is Cc1cc(NC(=O)C2CC2)sc1C(=O)NCC(C)(C)N1CC(C)OC(C)C1. The minimum Gasteiger partial charge on any atom is -0.373 e. The first-order valence-electron chi connectivity index (χ1n) is 9.75. The number of hydrogen-bond acceptors (Lipinski definition) is 5. The van der Waals surface area contributed by atoms with E-state index in [1.807, 2.05) is 13.0 Å². The van der Waals surface area contributed by atoms with Crippen LogP contribution in [0.3, 0.4) is 0 Å². The Balaban J connectivity index is 1.58. The first-order valence-corrected chi connectivity index (χ1v) is 10.6. The van der Waals surface area contributed by atoms with E-state index in [-0.39, 0.29) is 35.5 Å². The van der Waals surface area contributed by atoms with E-state index in [9.17, 15) is 9.59 Å². The number of anilines is 1. The van der Waals surface area contributed by atoms with Crippen LogP contribution in [0.2, 0.25) is 0 Å². The van der Waals surface area contributed by atoms with Gasteiger partial charge in [0.15, 0.2) is 0 Å². The van der Waals surface area contributed by atoms with Crippen LogP contribution in [0.4, 0.5) is 5.00 Å². The van der Waals surface area contributed by atoms with Crippen molar-refractivity contribution in [2.45, 2.75) is 65.2 Å². The number of carbonyl (C=O) groups excluding carboxylic acids is 2. The summed E-state index contributed by atoms with van der Waals surface area (Å²) < 4.78 is 5.82. The van der Waals surface area contributed by atoms with Crippen molar-refractivity contribution in [1.82, 2.24) is 10.2 Å². The Hall–Kier alpha value is -1.44. The van der Waals surface area contributed by atoms with Crippen molar-refractivity contribution in [3.8, 4) is 0 Å². The highest BCUT2D eigenvalue weighted by Gasteiger charge is 2.34. The van der Waals surface area contributed by atoms with E-state index in [4.69, 9.17) is 4.74 Å². The van der Waals surface area contributed by atoms with Crippen molar-refractivity contribution in [3.05, 3.63) is 16.5 Å². The summed E-state index contributed by atoms with van der Waals surface area (Å²) in [5, 5.41) is 6.77. The molecule has 3 rings (SSSR count). The van der Waals surface area contributed by atoms with Gasteiger partial charge in [-0.05, 0) is 59.1 Å². The van der Waals surface area contributed by atoms with Crippen LogP contribution < -0.4 is 10.6 Å². The van der Waals surface area contributed by atoms with E-state index < -0.39 is 0 Å². The van der Waals surface area contributed by atoms with Crippen molar-refractivity contribution >= 4 is 28.2 Å². The molecule has 6 nitrogen and oxygen atoms in total. The third kappa shape index (κ3) is 5.09. The van der Waals surface area contributed by atoms with Gasteiger partial charge in [0.1, 0.15) is 0 Å². The number of nitrogens with zero attached hydrogens (tertiary/aromatic N) is 1. The number of morpholine rings is 1. The molecule has 7 heteroatoms. The van der Waals surface area contributed by atoms with Crippen molar-refractivity contribution in [3.63, 3.8) is 0 Å². The van der Waals surface area contributed by atoms with Crippen LogP contribution in [-0.4, -0.2) is 54.1 Å². The number of hydrogen-bond donors (Lipinski definition) is 2. The minimum absolute atomic E-state index is 0.0694. The van der Waals surface area contributed by atoms with E-state index in [0.29, 0.717) is 11.4 Å². The molecule has 1 aliphatic carbocycles. The lowest BCUT2D eigenvalue weighted by Gasteiger charge is -2.45. The highest BCUT2D eigenvalue weighted by Crippen LogP contribution is 2.33. The number of aryl methyl sites for hydroxylation is 1. The Morgan fingerprint density at radius 2 is 1.89 bits per heavy atom. The van der Waals surface area contributed by atoms with Gasteiger partial charge in [0.2, 0.25) is 5.91 Å². The van der Waals surface area contributed by atoms with Gasteiger partial charge in [-0.25, -0.2) is 0 Å². The summed E-state index contributed by atoms with van der Waals surface area (Å²) in [6, 6.07) is 1.89.